The summed E-state index contributed by atoms with van der Waals surface area (Å²) in [7, 11) is -10.2. The van der Waals surface area contributed by atoms with Gasteiger partial charge in [-0.1, -0.05) is 36.4 Å². The maximum Gasteiger partial charge on any atom is 0.255 e. The van der Waals surface area contributed by atoms with Gasteiger partial charge in [0, 0.05) is 22.3 Å². The Morgan fingerprint density at radius 2 is 0.833 bits per heavy atom. The van der Waals surface area contributed by atoms with Crippen molar-refractivity contribution in [1.29, 1.82) is 0 Å². The van der Waals surface area contributed by atoms with Gasteiger partial charge in [0.25, 0.3) is 21.0 Å². The molecular formula is C30H34F2O6S4. The minimum atomic E-state index is -5.42. The molecular weight excluding hydrogens is 623 g/mol. The molecule has 6 nitrogen and oxygen atoms in total. The van der Waals surface area contributed by atoms with Crippen molar-refractivity contribution in [2.45, 2.75) is 50.7 Å². The quantitative estimate of drug-likeness (QED) is 0.0954. The molecule has 0 amide bonds. The van der Waals surface area contributed by atoms with E-state index in [9.17, 15) is 7.77 Å². The SMILES string of the molecule is Cc1c(C)c2c(C)c(C)c1C[S+](C)Cc1ccc3ccc4ccc(cc4c3c1)C[S+](C)C2.O=S(=O)([O-])F.O=S(=O)([O-])F. The van der Waals surface area contributed by atoms with Crippen molar-refractivity contribution in [3.8, 4) is 0 Å². The van der Waals surface area contributed by atoms with E-state index >= 15 is 0 Å². The van der Waals surface area contributed by atoms with Crippen LogP contribution in [0.15, 0.2) is 48.5 Å². The first-order valence-corrected chi connectivity index (χ1v) is 19.4. The Balaban J connectivity index is 0.000000420. The van der Waals surface area contributed by atoms with E-state index in [1.807, 2.05) is 0 Å². The van der Waals surface area contributed by atoms with E-state index < -0.39 is 21.0 Å². The van der Waals surface area contributed by atoms with E-state index in [2.05, 4.69) is 88.7 Å². The highest BCUT2D eigenvalue weighted by Crippen LogP contribution is 2.33. The maximum absolute atomic E-state index is 10.1. The molecule has 0 spiro atoms. The van der Waals surface area contributed by atoms with Crippen LogP contribution in [-0.2, 0) is 65.8 Å². The summed E-state index contributed by atoms with van der Waals surface area (Å²) in [5, 5.41) is 5.56. The molecule has 2 aliphatic rings. The minimum Gasteiger partial charge on any atom is -0.722 e. The number of hydrogen-bond acceptors (Lipinski definition) is 6. The van der Waals surface area contributed by atoms with Gasteiger partial charge in [-0.3, -0.25) is 0 Å². The van der Waals surface area contributed by atoms with Crippen LogP contribution in [0.2, 0.25) is 0 Å². The number of halogens is 2. The zero-order valence-electron chi connectivity index (χ0n) is 24.3. The Bertz CT molecular complexity index is 1660. The van der Waals surface area contributed by atoms with Crippen LogP contribution >= 0.6 is 0 Å². The van der Waals surface area contributed by atoms with E-state index in [4.69, 9.17) is 25.9 Å². The largest absolute Gasteiger partial charge is 0.722 e. The van der Waals surface area contributed by atoms with Crippen molar-refractivity contribution < 1.29 is 33.7 Å². The summed E-state index contributed by atoms with van der Waals surface area (Å²) in [5.41, 5.74) is 12.3. The summed E-state index contributed by atoms with van der Waals surface area (Å²) >= 11 is 0. The van der Waals surface area contributed by atoms with E-state index in [-0.39, 0.29) is 0 Å². The van der Waals surface area contributed by atoms with Crippen molar-refractivity contribution in [2.24, 2.45) is 0 Å². The first kappa shape index (κ1) is 34.3. The third kappa shape index (κ3) is 9.65. The van der Waals surface area contributed by atoms with Gasteiger partial charge in [-0.05, 0) is 105 Å². The third-order valence-corrected chi connectivity index (χ3v) is 10.7. The molecule has 228 valence electrons. The Hall–Kier alpha value is -2.22. The Morgan fingerprint density at radius 1 is 0.571 bits per heavy atom. The van der Waals surface area contributed by atoms with Crippen LogP contribution in [0.1, 0.15) is 44.5 Å². The first-order valence-electron chi connectivity index (χ1n) is 12.8. The van der Waals surface area contributed by atoms with Gasteiger partial charge in [-0.25, -0.2) is 16.8 Å². The lowest BCUT2D eigenvalue weighted by molar-refractivity contribution is 0.414. The average molecular weight is 657 g/mol. The highest BCUT2D eigenvalue weighted by molar-refractivity contribution is 7.95. The summed E-state index contributed by atoms with van der Waals surface area (Å²) < 4.78 is 70.7. The van der Waals surface area contributed by atoms with Gasteiger partial charge < -0.3 is 9.11 Å². The van der Waals surface area contributed by atoms with Gasteiger partial charge in [-0.15, -0.1) is 7.77 Å². The van der Waals surface area contributed by atoms with E-state index in [0.717, 1.165) is 11.5 Å². The summed E-state index contributed by atoms with van der Waals surface area (Å²) in [5.74, 6) is 4.69. The monoisotopic (exact) mass is 656 g/mol. The minimum absolute atomic E-state index is 0.310. The maximum atomic E-state index is 10.1. The van der Waals surface area contributed by atoms with Gasteiger partial charge in [0.2, 0.25) is 0 Å². The van der Waals surface area contributed by atoms with Crippen molar-refractivity contribution >= 4 is 64.3 Å². The van der Waals surface area contributed by atoms with Crippen LogP contribution in [0, 0.1) is 27.7 Å². The van der Waals surface area contributed by atoms with Crippen molar-refractivity contribution in [3.63, 3.8) is 0 Å². The van der Waals surface area contributed by atoms with Crippen LogP contribution in [0.3, 0.4) is 0 Å². The molecule has 2 unspecified atom stereocenters. The van der Waals surface area contributed by atoms with Crippen molar-refractivity contribution in [3.05, 3.63) is 93.0 Å². The molecule has 0 fully saturated rings. The number of hydrogen-bond donors (Lipinski definition) is 0. The molecule has 0 aromatic heterocycles. The van der Waals surface area contributed by atoms with E-state index in [1.165, 1.54) is 66.4 Å². The molecule has 0 saturated heterocycles. The second-order valence-electron chi connectivity index (χ2n) is 10.6. The van der Waals surface area contributed by atoms with Gasteiger partial charge in [0.05, 0.1) is 12.5 Å². The molecule has 0 saturated carbocycles. The van der Waals surface area contributed by atoms with Gasteiger partial charge in [-0.2, -0.15) is 0 Å². The Labute approximate surface area is 253 Å². The predicted molar refractivity (Wildman–Crippen MR) is 170 cm³/mol. The second kappa shape index (κ2) is 13.6. The molecule has 0 radical (unpaired) electrons. The molecule has 2 atom stereocenters. The van der Waals surface area contributed by atoms with Gasteiger partial charge in [0.15, 0.2) is 0 Å². The number of fused-ring (bicyclic) bond motifs is 6. The van der Waals surface area contributed by atoms with Crippen LogP contribution in [0.25, 0.3) is 21.5 Å². The molecule has 6 bridgehead atoms. The molecule has 6 rings (SSSR count). The number of rotatable bonds is 0. The van der Waals surface area contributed by atoms with Crippen LogP contribution < -0.4 is 0 Å². The fraction of sp³-hybridized carbons (Fsp3) is 0.333. The zero-order chi connectivity index (χ0) is 31.6. The second-order valence-corrected chi connectivity index (χ2v) is 16.4. The van der Waals surface area contributed by atoms with Crippen LogP contribution in [0.4, 0.5) is 7.77 Å². The summed E-state index contributed by atoms with van der Waals surface area (Å²) in [4.78, 5) is 0. The highest BCUT2D eigenvalue weighted by Gasteiger charge is 2.25. The molecule has 4 aromatic carbocycles. The lowest BCUT2D eigenvalue weighted by Crippen LogP contribution is -2.15. The van der Waals surface area contributed by atoms with Crippen LogP contribution in [0.5, 0.6) is 0 Å². The fourth-order valence-corrected chi connectivity index (χ4v) is 8.94. The van der Waals surface area contributed by atoms with E-state index in [0.29, 0.717) is 21.8 Å². The average Bonchev–Trinajstić information content (AvgIpc) is 2.85. The molecule has 42 heavy (non-hydrogen) atoms. The smallest absolute Gasteiger partial charge is 0.255 e. The summed E-state index contributed by atoms with van der Waals surface area (Å²) in [6.07, 6.45) is 4.91. The van der Waals surface area contributed by atoms with Gasteiger partial charge >= 0.3 is 0 Å². The molecule has 12 heteroatoms. The summed E-state index contributed by atoms with van der Waals surface area (Å²) in [6.45, 7) is 9.46. The molecule has 2 aliphatic heterocycles. The predicted octanol–water partition coefficient (Wildman–Crippen LogP) is 6.27. The lowest BCUT2D eigenvalue weighted by atomic mass is 9.90. The summed E-state index contributed by atoms with van der Waals surface area (Å²) in [6, 6.07) is 18.9. The molecule has 2 heterocycles. The van der Waals surface area contributed by atoms with Gasteiger partial charge in [0.1, 0.15) is 23.0 Å². The topological polar surface area (TPSA) is 114 Å². The Kier molecular flexibility index (Phi) is 11.1. The first-order chi connectivity index (χ1) is 19.3. The van der Waals surface area contributed by atoms with Crippen molar-refractivity contribution in [1.82, 2.24) is 0 Å². The zero-order valence-corrected chi connectivity index (χ0v) is 27.6. The number of benzene rings is 4. The standard InChI is InChI=1S/C30H34S2.2FHO3S/c1-19-20(2)30-18-32(6)16-24-8-10-26-12-11-25-9-7-23(13-27(25)28(26)14-24)15-31(5)17-29(19)21(3)22(30)4;2*1-5(2,3)4/h7-14H,15-18H2,1-6H3;2*(H,2,3,4)/q+2;;/p-2. The van der Waals surface area contributed by atoms with Crippen LogP contribution in [-0.4, -0.2) is 38.5 Å². The van der Waals surface area contributed by atoms with E-state index in [1.54, 1.807) is 11.1 Å². The lowest BCUT2D eigenvalue weighted by Gasteiger charge is -2.20. The molecule has 4 aromatic rings. The Morgan fingerprint density at radius 3 is 1.12 bits per heavy atom. The highest BCUT2D eigenvalue weighted by atomic mass is 32.3. The fourth-order valence-electron chi connectivity index (χ4n) is 5.39. The van der Waals surface area contributed by atoms with Crippen molar-refractivity contribution in [2.75, 3.05) is 12.5 Å². The molecule has 0 N–H and O–H groups in total. The normalized spacial score (nSPS) is 17.3. The third-order valence-electron chi connectivity index (χ3n) is 7.51. The molecule has 0 aliphatic carbocycles.